The molecule has 0 spiro atoms. The lowest BCUT2D eigenvalue weighted by Crippen LogP contribution is -2.23. The number of aryl methyl sites for hydroxylation is 1. The Balaban J connectivity index is 1.76. The van der Waals surface area contributed by atoms with Gasteiger partial charge >= 0.3 is 0 Å². The van der Waals surface area contributed by atoms with Crippen LogP contribution in [-0.2, 0) is 0 Å². The molecular formula is C8H13N3S3. The van der Waals surface area contributed by atoms with Crippen LogP contribution in [0.25, 0.3) is 0 Å². The van der Waals surface area contributed by atoms with E-state index in [1.165, 1.54) is 17.3 Å². The Kier molecular flexibility index (Phi) is 3.95. The lowest BCUT2D eigenvalue weighted by molar-refractivity contribution is 0.978. The van der Waals surface area contributed by atoms with Crippen LogP contribution in [0.1, 0.15) is 5.01 Å². The van der Waals surface area contributed by atoms with Crippen molar-refractivity contribution in [2.75, 3.05) is 29.1 Å². The zero-order valence-corrected chi connectivity index (χ0v) is 10.5. The second-order valence-corrected chi connectivity index (χ2v) is 6.81. The summed E-state index contributed by atoms with van der Waals surface area (Å²) in [5, 5.41) is 14.1. The molecule has 2 heterocycles. The summed E-state index contributed by atoms with van der Waals surface area (Å²) in [6.07, 6.45) is 0. The van der Waals surface area contributed by atoms with Crippen LogP contribution < -0.4 is 5.32 Å². The minimum absolute atomic E-state index is 0.734. The first kappa shape index (κ1) is 10.6. The first-order chi connectivity index (χ1) is 6.84. The maximum Gasteiger partial charge on any atom is 0.205 e. The van der Waals surface area contributed by atoms with E-state index in [0.717, 1.165) is 21.9 Å². The number of aromatic nitrogens is 2. The topological polar surface area (TPSA) is 37.8 Å². The van der Waals surface area contributed by atoms with E-state index in [4.69, 9.17) is 0 Å². The van der Waals surface area contributed by atoms with E-state index >= 15 is 0 Å². The number of hydrogen-bond donors (Lipinski definition) is 1. The van der Waals surface area contributed by atoms with Crippen molar-refractivity contribution in [3.63, 3.8) is 0 Å². The zero-order valence-electron chi connectivity index (χ0n) is 8.02. The molecule has 0 bridgehead atoms. The number of hydrogen-bond acceptors (Lipinski definition) is 6. The average molecular weight is 247 g/mol. The molecule has 0 amide bonds. The highest BCUT2D eigenvalue weighted by Crippen LogP contribution is 2.24. The number of rotatable bonds is 3. The highest BCUT2D eigenvalue weighted by atomic mass is 32.2. The van der Waals surface area contributed by atoms with E-state index in [2.05, 4.69) is 27.3 Å². The molecule has 1 aliphatic heterocycles. The van der Waals surface area contributed by atoms with Crippen LogP contribution in [0.5, 0.6) is 0 Å². The molecule has 1 unspecified atom stereocenters. The van der Waals surface area contributed by atoms with Crippen molar-refractivity contribution in [2.45, 2.75) is 12.2 Å². The molecule has 14 heavy (non-hydrogen) atoms. The molecule has 1 aliphatic rings. The van der Waals surface area contributed by atoms with Gasteiger partial charge < -0.3 is 5.32 Å². The van der Waals surface area contributed by atoms with Crippen molar-refractivity contribution in [2.24, 2.45) is 0 Å². The maximum atomic E-state index is 4.04. The van der Waals surface area contributed by atoms with Gasteiger partial charge in [-0.1, -0.05) is 11.3 Å². The molecule has 1 N–H and O–H groups in total. The smallest absolute Gasteiger partial charge is 0.205 e. The normalized spacial score (nSPS) is 22.2. The summed E-state index contributed by atoms with van der Waals surface area (Å²) in [6.45, 7) is 3.00. The Bertz CT molecular complexity index is 283. The molecule has 1 aromatic heterocycles. The summed E-state index contributed by atoms with van der Waals surface area (Å²) in [6, 6.07) is 0. The highest BCUT2D eigenvalue weighted by molar-refractivity contribution is 8.06. The second kappa shape index (κ2) is 5.23. The molecule has 0 aliphatic carbocycles. The van der Waals surface area contributed by atoms with E-state index in [1.54, 1.807) is 11.3 Å². The third kappa shape index (κ3) is 3.03. The Morgan fingerprint density at radius 2 is 2.36 bits per heavy atom. The van der Waals surface area contributed by atoms with Gasteiger partial charge in [-0.25, -0.2) is 0 Å². The zero-order chi connectivity index (χ0) is 9.80. The minimum Gasteiger partial charge on any atom is -0.359 e. The average Bonchev–Trinajstić information content (AvgIpc) is 2.63. The second-order valence-electron chi connectivity index (χ2n) is 3.07. The van der Waals surface area contributed by atoms with Gasteiger partial charge in [0.25, 0.3) is 0 Å². The van der Waals surface area contributed by atoms with Crippen molar-refractivity contribution >= 4 is 40.0 Å². The maximum absolute atomic E-state index is 4.04. The third-order valence-corrected chi connectivity index (χ3v) is 5.53. The molecule has 0 aromatic carbocycles. The fraction of sp³-hybridized carbons (Fsp3) is 0.750. The predicted molar refractivity (Wildman–Crippen MR) is 66.7 cm³/mol. The van der Waals surface area contributed by atoms with E-state index in [0.29, 0.717) is 0 Å². The summed E-state index contributed by atoms with van der Waals surface area (Å²) in [7, 11) is 0. The largest absolute Gasteiger partial charge is 0.359 e. The fourth-order valence-electron chi connectivity index (χ4n) is 1.22. The van der Waals surface area contributed by atoms with Gasteiger partial charge in [0.15, 0.2) is 0 Å². The van der Waals surface area contributed by atoms with E-state index in [-0.39, 0.29) is 0 Å². The number of nitrogens with zero attached hydrogens (tertiary/aromatic N) is 2. The first-order valence-electron chi connectivity index (χ1n) is 4.58. The molecule has 6 heteroatoms. The molecule has 1 saturated heterocycles. The first-order valence-corrected chi connectivity index (χ1v) is 7.60. The van der Waals surface area contributed by atoms with Crippen molar-refractivity contribution < 1.29 is 0 Å². The summed E-state index contributed by atoms with van der Waals surface area (Å²) in [5.41, 5.74) is 0. The van der Waals surface area contributed by atoms with Gasteiger partial charge in [-0.2, -0.15) is 23.5 Å². The molecule has 1 aromatic rings. The van der Waals surface area contributed by atoms with Gasteiger partial charge in [0, 0.05) is 29.1 Å². The third-order valence-electron chi connectivity index (χ3n) is 1.89. The van der Waals surface area contributed by atoms with E-state index in [1.807, 2.05) is 18.7 Å². The Hall–Kier alpha value is 0.0600. The van der Waals surface area contributed by atoms with Crippen LogP contribution in [0.15, 0.2) is 0 Å². The molecular weight excluding hydrogens is 234 g/mol. The minimum atomic E-state index is 0.734. The van der Waals surface area contributed by atoms with Crippen molar-refractivity contribution in [1.29, 1.82) is 0 Å². The monoisotopic (exact) mass is 247 g/mol. The van der Waals surface area contributed by atoms with Gasteiger partial charge in [0.1, 0.15) is 5.01 Å². The van der Waals surface area contributed by atoms with Crippen LogP contribution in [0.3, 0.4) is 0 Å². The molecule has 1 atom stereocenters. The van der Waals surface area contributed by atoms with Crippen molar-refractivity contribution in [1.82, 2.24) is 10.2 Å². The van der Waals surface area contributed by atoms with Gasteiger partial charge in [0.05, 0.1) is 0 Å². The van der Waals surface area contributed by atoms with Crippen molar-refractivity contribution in [3.8, 4) is 0 Å². The van der Waals surface area contributed by atoms with Gasteiger partial charge in [-0.05, 0) is 6.92 Å². The summed E-state index contributed by atoms with van der Waals surface area (Å²) in [5.74, 6) is 3.85. The molecule has 2 rings (SSSR count). The molecule has 0 radical (unpaired) electrons. The lowest BCUT2D eigenvalue weighted by Gasteiger charge is -2.20. The highest BCUT2D eigenvalue weighted by Gasteiger charge is 2.14. The quantitative estimate of drug-likeness (QED) is 0.885. The van der Waals surface area contributed by atoms with Crippen LogP contribution in [0, 0.1) is 6.92 Å². The Morgan fingerprint density at radius 1 is 1.43 bits per heavy atom. The number of nitrogens with one attached hydrogen (secondary N) is 1. The predicted octanol–water partition coefficient (Wildman–Crippen LogP) is 2.11. The molecule has 1 fully saturated rings. The molecule has 78 valence electrons. The lowest BCUT2D eigenvalue weighted by atomic mass is 10.5. The molecule has 3 nitrogen and oxygen atoms in total. The van der Waals surface area contributed by atoms with E-state index < -0.39 is 0 Å². The fourth-order valence-corrected chi connectivity index (χ4v) is 4.43. The van der Waals surface area contributed by atoms with Crippen LogP contribution in [-0.4, -0.2) is 39.3 Å². The summed E-state index contributed by atoms with van der Waals surface area (Å²) >= 11 is 5.74. The van der Waals surface area contributed by atoms with Crippen LogP contribution in [0.2, 0.25) is 0 Å². The number of thioether (sulfide) groups is 2. The van der Waals surface area contributed by atoms with Crippen molar-refractivity contribution in [3.05, 3.63) is 5.01 Å². The SMILES string of the molecule is Cc1nnc(NCC2CSCCS2)s1. The van der Waals surface area contributed by atoms with Gasteiger partial charge in [-0.3, -0.25) is 0 Å². The van der Waals surface area contributed by atoms with Gasteiger partial charge in [-0.15, -0.1) is 10.2 Å². The summed E-state index contributed by atoms with van der Waals surface area (Å²) < 4.78 is 0. The Labute approximate surface area is 96.5 Å². The van der Waals surface area contributed by atoms with Crippen LogP contribution >= 0.6 is 34.9 Å². The standard InChI is InChI=1S/C8H13N3S3/c1-6-10-11-8(14-6)9-4-7-5-12-2-3-13-7/h7H,2-5H2,1H3,(H,9,11). The van der Waals surface area contributed by atoms with E-state index in [9.17, 15) is 0 Å². The summed E-state index contributed by atoms with van der Waals surface area (Å²) in [4.78, 5) is 0. The van der Waals surface area contributed by atoms with Crippen LogP contribution in [0.4, 0.5) is 5.13 Å². The molecule has 0 saturated carbocycles. The number of anilines is 1. The van der Waals surface area contributed by atoms with Gasteiger partial charge in [0.2, 0.25) is 5.13 Å². The Morgan fingerprint density at radius 3 is 3.00 bits per heavy atom.